The van der Waals surface area contributed by atoms with Crippen LogP contribution >= 0.6 is 0 Å². The number of aryl methyl sites for hydroxylation is 2. The van der Waals surface area contributed by atoms with Gasteiger partial charge >= 0.3 is 0 Å². The van der Waals surface area contributed by atoms with Crippen molar-refractivity contribution in [3.8, 4) is 5.75 Å². The van der Waals surface area contributed by atoms with Crippen LogP contribution in [-0.4, -0.2) is 78.6 Å². The molecule has 0 spiro atoms. The van der Waals surface area contributed by atoms with E-state index in [1.165, 1.54) is 0 Å². The van der Waals surface area contributed by atoms with Crippen LogP contribution in [0.4, 0.5) is 0 Å². The summed E-state index contributed by atoms with van der Waals surface area (Å²) in [5.41, 5.74) is 2.26. The minimum Gasteiger partial charge on any atom is -0.491 e. The van der Waals surface area contributed by atoms with Crippen LogP contribution in [0.3, 0.4) is 0 Å². The van der Waals surface area contributed by atoms with Gasteiger partial charge in [-0.05, 0) is 31.0 Å². The van der Waals surface area contributed by atoms with Gasteiger partial charge in [-0.1, -0.05) is 12.1 Å². The van der Waals surface area contributed by atoms with E-state index in [-0.39, 0.29) is 6.61 Å². The van der Waals surface area contributed by atoms with Crippen molar-refractivity contribution in [2.75, 3.05) is 52.5 Å². The summed E-state index contributed by atoms with van der Waals surface area (Å²) in [7, 11) is 0. The first kappa shape index (κ1) is 17.2. The van der Waals surface area contributed by atoms with Crippen LogP contribution in [0.25, 0.3) is 0 Å². The van der Waals surface area contributed by atoms with E-state index < -0.39 is 6.10 Å². The molecule has 1 aliphatic heterocycles. The Morgan fingerprint density at radius 1 is 1.14 bits per heavy atom. The fourth-order valence-electron chi connectivity index (χ4n) is 2.74. The average Bonchev–Trinajstić information content (AvgIpc) is 2.50. The monoisotopic (exact) mass is 308 g/mol. The van der Waals surface area contributed by atoms with Crippen LogP contribution < -0.4 is 4.74 Å². The predicted molar refractivity (Wildman–Crippen MR) is 87.4 cm³/mol. The molecule has 0 aromatic heterocycles. The van der Waals surface area contributed by atoms with E-state index >= 15 is 0 Å². The molecule has 1 aliphatic rings. The van der Waals surface area contributed by atoms with E-state index in [2.05, 4.69) is 15.9 Å². The topological polar surface area (TPSA) is 56.2 Å². The van der Waals surface area contributed by atoms with Gasteiger partial charge in [0, 0.05) is 39.3 Å². The van der Waals surface area contributed by atoms with Crippen LogP contribution in [0, 0.1) is 13.8 Å². The summed E-state index contributed by atoms with van der Waals surface area (Å²) in [6, 6.07) is 6.11. The Bertz CT molecular complexity index is 459. The van der Waals surface area contributed by atoms with E-state index in [0.29, 0.717) is 13.2 Å². The quantitative estimate of drug-likeness (QED) is 0.775. The van der Waals surface area contributed by atoms with Gasteiger partial charge in [-0.25, -0.2) is 0 Å². The molecule has 0 amide bonds. The molecule has 5 heteroatoms. The maximum atomic E-state index is 10.2. The van der Waals surface area contributed by atoms with E-state index in [1.807, 2.05) is 26.0 Å². The highest BCUT2D eigenvalue weighted by Crippen LogP contribution is 2.19. The molecule has 2 N–H and O–H groups in total. The summed E-state index contributed by atoms with van der Waals surface area (Å²) >= 11 is 0. The summed E-state index contributed by atoms with van der Waals surface area (Å²) in [6.07, 6.45) is -0.482. The number of piperazine rings is 1. The van der Waals surface area contributed by atoms with Crippen LogP contribution in [0.5, 0.6) is 5.75 Å². The molecule has 0 bridgehead atoms. The van der Waals surface area contributed by atoms with Crippen molar-refractivity contribution in [2.45, 2.75) is 20.0 Å². The Labute approximate surface area is 133 Å². The Kier molecular flexibility index (Phi) is 6.64. The molecule has 124 valence electrons. The molecule has 1 aromatic carbocycles. The SMILES string of the molecule is Cc1ccc(C)c(OC[C@H](O)CN2CCN(CCO)CC2)c1. The highest BCUT2D eigenvalue weighted by Gasteiger charge is 2.19. The zero-order valence-electron chi connectivity index (χ0n) is 13.7. The number of aliphatic hydroxyl groups excluding tert-OH is 2. The number of benzene rings is 1. The number of rotatable bonds is 7. The first-order valence-electron chi connectivity index (χ1n) is 8.02. The third kappa shape index (κ3) is 5.25. The van der Waals surface area contributed by atoms with E-state index in [0.717, 1.165) is 49.6 Å². The van der Waals surface area contributed by atoms with Crippen LogP contribution in [0.15, 0.2) is 18.2 Å². The zero-order valence-corrected chi connectivity index (χ0v) is 13.7. The van der Waals surface area contributed by atoms with Crippen LogP contribution in [-0.2, 0) is 0 Å². The number of hydrogen-bond acceptors (Lipinski definition) is 5. The zero-order chi connectivity index (χ0) is 15.9. The second-order valence-electron chi connectivity index (χ2n) is 6.10. The number of ether oxygens (including phenoxy) is 1. The smallest absolute Gasteiger partial charge is 0.122 e. The lowest BCUT2D eigenvalue weighted by Crippen LogP contribution is -2.49. The maximum Gasteiger partial charge on any atom is 0.122 e. The third-order valence-electron chi connectivity index (χ3n) is 4.12. The Morgan fingerprint density at radius 3 is 2.50 bits per heavy atom. The van der Waals surface area contributed by atoms with Gasteiger partial charge in [-0.2, -0.15) is 0 Å². The van der Waals surface area contributed by atoms with Gasteiger partial charge in [0.05, 0.1) is 6.61 Å². The van der Waals surface area contributed by atoms with Crippen LogP contribution in [0.2, 0.25) is 0 Å². The highest BCUT2D eigenvalue weighted by molar-refractivity contribution is 5.35. The number of aliphatic hydroxyl groups is 2. The molecule has 1 heterocycles. The van der Waals surface area contributed by atoms with Gasteiger partial charge in [-0.3, -0.25) is 9.80 Å². The molecule has 1 saturated heterocycles. The fourth-order valence-corrected chi connectivity index (χ4v) is 2.74. The lowest BCUT2D eigenvalue weighted by molar-refractivity contribution is 0.0427. The molecule has 5 nitrogen and oxygen atoms in total. The highest BCUT2D eigenvalue weighted by atomic mass is 16.5. The molecule has 1 atom stereocenters. The first-order valence-corrected chi connectivity index (χ1v) is 8.02. The molecule has 1 aromatic rings. The van der Waals surface area contributed by atoms with Crippen molar-refractivity contribution < 1.29 is 14.9 Å². The minimum atomic E-state index is -0.482. The molecular formula is C17H28N2O3. The van der Waals surface area contributed by atoms with Gasteiger partial charge in [0.25, 0.3) is 0 Å². The largest absolute Gasteiger partial charge is 0.491 e. The van der Waals surface area contributed by atoms with Crippen molar-refractivity contribution >= 4 is 0 Å². The number of nitrogens with zero attached hydrogens (tertiary/aromatic N) is 2. The second kappa shape index (κ2) is 8.48. The Morgan fingerprint density at radius 2 is 1.82 bits per heavy atom. The van der Waals surface area contributed by atoms with Crippen molar-refractivity contribution in [3.05, 3.63) is 29.3 Å². The van der Waals surface area contributed by atoms with Crippen molar-refractivity contribution in [1.82, 2.24) is 9.80 Å². The van der Waals surface area contributed by atoms with E-state index in [9.17, 15) is 5.11 Å². The lowest BCUT2D eigenvalue weighted by atomic mass is 10.1. The summed E-state index contributed by atoms with van der Waals surface area (Å²) in [5, 5.41) is 19.1. The van der Waals surface area contributed by atoms with Gasteiger partial charge in [0.1, 0.15) is 18.5 Å². The van der Waals surface area contributed by atoms with Crippen molar-refractivity contribution in [3.63, 3.8) is 0 Å². The molecular weight excluding hydrogens is 280 g/mol. The van der Waals surface area contributed by atoms with E-state index in [4.69, 9.17) is 9.84 Å². The standard InChI is InChI=1S/C17H28N2O3/c1-14-3-4-15(2)17(11-14)22-13-16(21)12-19-7-5-18(6-8-19)9-10-20/h3-4,11,16,20-21H,5-10,12-13H2,1-2H3/t16-/m1/s1. The predicted octanol–water partition coefficient (Wildman–Crippen LogP) is 0.653. The van der Waals surface area contributed by atoms with Gasteiger partial charge < -0.3 is 14.9 Å². The average molecular weight is 308 g/mol. The summed E-state index contributed by atoms with van der Waals surface area (Å²) < 4.78 is 5.76. The summed E-state index contributed by atoms with van der Waals surface area (Å²) in [5.74, 6) is 0.854. The molecule has 0 saturated carbocycles. The fraction of sp³-hybridized carbons (Fsp3) is 0.647. The molecule has 22 heavy (non-hydrogen) atoms. The third-order valence-corrected chi connectivity index (χ3v) is 4.12. The van der Waals surface area contributed by atoms with Crippen molar-refractivity contribution in [1.29, 1.82) is 0 Å². The maximum absolute atomic E-state index is 10.2. The van der Waals surface area contributed by atoms with Gasteiger partial charge in [-0.15, -0.1) is 0 Å². The van der Waals surface area contributed by atoms with E-state index in [1.54, 1.807) is 0 Å². The number of β-amino-alcohol motifs (C(OH)–C–C–N with tert-alkyl or cyclic N) is 2. The minimum absolute atomic E-state index is 0.215. The summed E-state index contributed by atoms with van der Waals surface area (Å²) in [6.45, 7) is 9.73. The first-order chi connectivity index (χ1) is 10.6. The molecule has 1 fully saturated rings. The Hall–Kier alpha value is -1.14. The van der Waals surface area contributed by atoms with Crippen molar-refractivity contribution in [2.24, 2.45) is 0 Å². The van der Waals surface area contributed by atoms with Gasteiger partial charge in [0.2, 0.25) is 0 Å². The molecule has 0 aliphatic carbocycles. The normalized spacial score (nSPS) is 18.4. The van der Waals surface area contributed by atoms with Gasteiger partial charge in [0.15, 0.2) is 0 Å². The van der Waals surface area contributed by atoms with Crippen LogP contribution in [0.1, 0.15) is 11.1 Å². The Balaban J connectivity index is 1.72. The lowest BCUT2D eigenvalue weighted by Gasteiger charge is -2.35. The molecule has 0 radical (unpaired) electrons. The second-order valence-corrected chi connectivity index (χ2v) is 6.10. The summed E-state index contributed by atoms with van der Waals surface area (Å²) in [4.78, 5) is 4.50. The molecule has 2 rings (SSSR count). The number of hydrogen-bond donors (Lipinski definition) is 2. The molecule has 0 unspecified atom stereocenters.